The Hall–Kier alpha value is -1.53. The zero-order valence-electron chi connectivity index (χ0n) is 11.2. The normalized spacial score (nSPS) is 10.7. The third-order valence-electron chi connectivity index (χ3n) is 2.74. The first-order valence-electron chi connectivity index (χ1n) is 6.32. The van der Waals surface area contributed by atoms with Gasteiger partial charge in [-0.25, -0.2) is 13.2 Å². The Kier molecular flexibility index (Phi) is 5.25. The third-order valence-corrected chi connectivity index (χ3v) is 3.24. The van der Waals surface area contributed by atoms with Gasteiger partial charge in [-0.15, -0.1) is 0 Å². The lowest BCUT2D eigenvalue weighted by molar-refractivity contribution is 0.386. The van der Waals surface area contributed by atoms with E-state index in [9.17, 15) is 13.2 Å². The van der Waals surface area contributed by atoms with Gasteiger partial charge in [0.2, 0.25) is 0 Å². The van der Waals surface area contributed by atoms with Crippen LogP contribution in [0.2, 0.25) is 0 Å². The van der Waals surface area contributed by atoms with Gasteiger partial charge in [-0.05, 0) is 42.4 Å². The monoisotopic (exact) mass is 359 g/mol. The van der Waals surface area contributed by atoms with E-state index >= 15 is 0 Å². The van der Waals surface area contributed by atoms with Crippen molar-refractivity contribution in [1.82, 2.24) is 5.32 Å². The molecule has 0 unspecified atom stereocenters. The van der Waals surface area contributed by atoms with Crippen LogP contribution in [0.5, 0.6) is 11.5 Å². The van der Waals surface area contributed by atoms with Crippen LogP contribution in [-0.4, -0.2) is 6.54 Å². The predicted octanol–water partition coefficient (Wildman–Crippen LogP) is 4.77. The van der Waals surface area contributed by atoms with Crippen LogP contribution in [0.15, 0.2) is 34.8 Å². The van der Waals surface area contributed by atoms with Crippen LogP contribution in [0.3, 0.4) is 0 Å². The molecule has 0 bridgehead atoms. The highest BCUT2D eigenvalue weighted by Gasteiger charge is 2.15. The third kappa shape index (κ3) is 3.98. The van der Waals surface area contributed by atoms with E-state index < -0.39 is 23.2 Å². The van der Waals surface area contributed by atoms with Gasteiger partial charge in [-0.3, -0.25) is 0 Å². The highest BCUT2D eigenvalue weighted by atomic mass is 79.9. The molecule has 0 radical (unpaired) electrons. The molecular formula is C15H13BrF3NO. The molecule has 2 rings (SSSR count). The molecule has 0 aliphatic carbocycles. The molecule has 2 aromatic rings. The van der Waals surface area contributed by atoms with Gasteiger partial charge in [-0.2, -0.15) is 0 Å². The Bertz CT molecular complexity index is 626. The quantitative estimate of drug-likeness (QED) is 0.830. The Morgan fingerprint density at radius 1 is 1.05 bits per heavy atom. The first kappa shape index (κ1) is 15.9. The van der Waals surface area contributed by atoms with Gasteiger partial charge < -0.3 is 10.1 Å². The summed E-state index contributed by atoms with van der Waals surface area (Å²) in [6.45, 7) is 2.92. The molecule has 0 aliphatic heterocycles. The molecule has 1 N–H and O–H groups in total. The smallest absolute Gasteiger partial charge is 0.198 e. The van der Waals surface area contributed by atoms with Crippen molar-refractivity contribution in [1.29, 1.82) is 0 Å². The predicted molar refractivity (Wildman–Crippen MR) is 77.9 cm³/mol. The number of hydrogen-bond donors (Lipinski definition) is 1. The Labute approximate surface area is 129 Å². The highest BCUT2D eigenvalue weighted by Crippen LogP contribution is 2.31. The molecule has 0 saturated heterocycles. The Morgan fingerprint density at radius 2 is 1.71 bits per heavy atom. The minimum Gasteiger partial charge on any atom is -0.448 e. The van der Waals surface area contributed by atoms with E-state index in [2.05, 4.69) is 21.2 Å². The van der Waals surface area contributed by atoms with E-state index in [4.69, 9.17) is 4.74 Å². The van der Waals surface area contributed by atoms with Crippen molar-refractivity contribution in [2.75, 3.05) is 6.54 Å². The fraction of sp³-hybridized carbons (Fsp3) is 0.200. The van der Waals surface area contributed by atoms with Crippen LogP contribution in [-0.2, 0) is 6.54 Å². The molecule has 112 valence electrons. The van der Waals surface area contributed by atoms with Crippen molar-refractivity contribution in [3.05, 3.63) is 57.8 Å². The second-order valence-corrected chi connectivity index (χ2v) is 5.26. The first-order valence-corrected chi connectivity index (χ1v) is 7.12. The maximum atomic E-state index is 13.9. The molecule has 0 spiro atoms. The van der Waals surface area contributed by atoms with Gasteiger partial charge in [0.25, 0.3) is 0 Å². The second kappa shape index (κ2) is 6.95. The van der Waals surface area contributed by atoms with Gasteiger partial charge in [0.15, 0.2) is 29.0 Å². The molecule has 2 nitrogen and oxygen atoms in total. The minimum atomic E-state index is -0.873. The van der Waals surface area contributed by atoms with Crippen LogP contribution in [0.25, 0.3) is 0 Å². The SMILES string of the molecule is CCNCc1cc(F)c(Oc2cc(Br)ccc2F)c(F)c1. The maximum absolute atomic E-state index is 13.9. The molecule has 0 fully saturated rings. The second-order valence-electron chi connectivity index (χ2n) is 4.35. The van der Waals surface area contributed by atoms with E-state index in [0.717, 1.165) is 18.2 Å². The fourth-order valence-electron chi connectivity index (χ4n) is 1.75. The zero-order valence-corrected chi connectivity index (χ0v) is 12.8. The largest absolute Gasteiger partial charge is 0.448 e. The topological polar surface area (TPSA) is 21.3 Å². The van der Waals surface area contributed by atoms with E-state index in [1.54, 1.807) is 0 Å². The van der Waals surface area contributed by atoms with Crippen molar-refractivity contribution in [3.63, 3.8) is 0 Å². The summed E-state index contributed by atoms with van der Waals surface area (Å²) < 4.78 is 47.0. The van der Waals surface area contributed by atoms with Crippen LogP contribution in [0, 0.1) is 17.5 Å². The maximum Gasteiger partial charge on any atom is 0.198 e. The summed E-state index contributed by atoms with van der Waals surface area (Å²) in [7, 11) is 0. The summed E-state index contributed by atoms with van der Waals surface area (Å²) in [4.78, 5) is 0. The van der Waals surface area contributed by atoms with Gasteiger partial charge in [0.1, 0.15) is 0 Å². The molecular weight excluding hydrogens is 347 g/mol. The van der Waals surface area contributed by atoms with Crippen molar-refractivity contribution >= 4 is 15.9 Å². The Balaban J connectivity index is 2.30. The number of nitrogens with one attached hydrogen (secondary N) is 1. The van der Waals surface area contributed by atoms with Crippen LogP contribution < -0.4 is 10.1 Å². The number of rotatable bonds is 5. The van der Waals surface area contributed by atoms with Crippen LogP contribution >= 0.6 is 15.9 Å². The van der Waals surface area contributed by atoms with Crippen LogP contribution in [0.1, 0.15) is 12.5 Å². The summed E-state index contributed by atoms with van der Waals surface area (Å²) in [5.41, 5.74) is 0.453. The lowest BCUT2D eigenvalue weighted by Crippen LogP contribution is -2.12. The van der Waals surface area contributed by atoms with E-state index in [1.165, 1.54) is 12.1 Å². The highest BCUT2D eigenvalue weighted by molar-refractivity contribution is 9.10. The molecule has 2 aromatic carbocycles. The lowest BCUT2D eigenvalue weighted by atomic mass is 10.2. The lowest BCUT2D eigenvalue weighted by Gasteiger charge is -2.11. The van der Waals surface area contributed by atoms with Crippen molar-refractivity contribution in [3.8, 4) is 11.5 Å². The zero-order chi connectivity index (χ0) is 15.4. The standard InChI is InChI=1S/C15H13BrF3NO/c1-2-20-8-9-5-12(18)15(13(19)6-9)21-14-7-10(16)3-4-11(14)17/h3-7,20H,2,8H2,1H3. The summed E-state index contributed by atoms with van der Waals surface area (Å²) in [5, 5.41) is 2.96. The van der Waals surface area contributed by atoms with Gasteiger partial charge >= 0.3 is 0 Å². The molecule has 0 aliphatic rings. The molecule has 6 heteroatoms. The molecule has 0 aromatic heterocycles. The molecule has 0 saturated carbocycles. The van der Waals surface area contributed by atoms with E-state index in [0.29, 0.717) is 23.1 Å². The van der Waals surface area contributed by atoms with E-state index in [1.807, 2.05) is 6.92 Å². The molecule has 0 amide bonds. The van der Waals surface area contributed by atoms with E-state index in [-0.39, 0.29) is 5.75 Å². The number of hydrogen-bond acceptors (Lipinski definition) is 2. The summed E-state index contributed by atoms with van der Waals surface area (Å²) in [6.07, 6.45) is 0. The molecule has 0 atom stereocenters. The number of ether oxygens (including phenoxy) is 1. The van der Waals surface area contributed by atoms with Crippen molar-refractivity contribution in [2.45, 2.75) is 13.5 Å². The summed E-state index contributed by atoms with van der Waals surface area (Å²) in [5.74, 6) is -3.31. The van der Waals surface area contributed by atoms with Crippen molar-refractivity contribution < 1.29 is 17.9 Å². The van der Waals surface area contributed by atoms with Gasteiger partial charge in [0, 0.05) is 11.0 Å². The Morgan fingerprint density at radius 3 is 2.33 bits per heavy atom. The average Bonchev–Trinajstić information content (AvgIpc) is 2.44. The number of halogens is 4. The van der Waals surface area contributed by atoms with Crippen molar-refractivity contribution in [2.24, 2.45) is 0 Å². The van der Waals surface area contributed by atoms with Gasteiger partial charge in [-0.1, -0.05) is 22.9 Å². The minimum absolute atomic E-state index is 0.249. The van der Waals surface area contributed by atoms with Gasteiger partial charge in [0.05, 0.1) is 0 Å². The average molecular weight is 360 g/mol. The first-order chi connectivity index (χ1) is 10.0. The fourth-order valence-corrected chi connectivity index (χ4v) is 2.09. The molecule has 21 heavy (non-hydrogen) atoms. The summed E-state index contributed by atoms with van der Waals surface area (Å²) in [6, 6.07) is 6.25. The number of benzene rings is 2. The summed E-state index contributed by atoms with van der Waals surface area (Å²) >= 11 is 3.14. The van der Waals surface area contributed by atoms with Crippen LogP contribution in [0.4, 0.5) is 13.2 Å². The molecule has 0 heterocycles.